The zero-order chi connectivity index (χ0) is 13.8. The SMILES string of the molecule is O=S(=O)(CCCC(F)(F)F)NC1CCCCC1Br. The smallest absolute Gasteiger partial charge is 0.212 e. The Bertz CT molecular complexity index is 359. The maximum atomic E-state index is 11.9. The lowest BCUT2D eigenvalue weighted by molar-refractivity contribution is -0.134. The molecule has 18 heavy (non-hydrogen) atoms. The van der Waals surface area contributed by atoms with E-state index < -0.39 is 34.8 Å². The van der Waals surface area contributed by atoms with Crippen molar-refractivity contribution in [1.29, 1.82) is 0 Å². The molecule has 2 unspecified atom stereocenters. The number of alkyl halides is 4. The second-order valence-corrected chi connectivity index (χ2v) is 7.61. The predicted octanol–water partition coefficient (Wildman–Crippen LogP) is 2.95. The van der Waals surface area contributed by atoms with E-state index in [1.807, 2.05) is 0 Å². The molecule has 1 aliphatic rings. The molecule has 8 heteroatoms. The Morgan fingerprint density at radius 3 is 2.39 bits per heavy atom. The van der Waals surface area contributed by atoms with Crippen LogP contribution in [0.4, 0.5) is 13.2 Å². The van der Waals surface area contributed by atoms with Gasteiger partial charge in [0.05, 0.1) is 5.75 Å². The summed E-state index contributed by atoms with van der Waals surface area (Å²) in [6, 6.07) is -0.199. The van der Waals surface area contributed by atoms with E-state index in [1.165, 1.54) is 0 Å². The minimum Gasteiger partial charge on any atom is -0.212 e. The molecule has 1 aliphatic carbocycles. The molecule has 108 valence electrons. The fourth-order valence-corrected chi connectivity index (χ4v) is 4.25. The van der Waals surface area contributed by atoms with E-state index in [1.54, 1.807) is 0 Å². The van der Waals surface area contributed by atoms with Gasteiger partial charge in [0.15, 0.2) is 0 Å². The van der Waals surface area contributed by atoms with E-state index in [2.05, 4.69) is 20.7 Å². The predicted molar refractivity (Wildman–Crippen MR) is 67.2 cm³/mol. The Hall–Kier alpha value is 0.180. The number of hydrogen-bond acceptors (Lipinski definition) is 2. The molecule has 0 aliphatic heterocycles. The maximum absolute atomic E-state index is 11.9. The third-order valence-electron chi connectivity index (χ3n) is 2.89. The van der Waals surface area contributed by atoms with Crippen LogP contribution in [0.2, 0.25) is 0 Å². The van der Waals surface area contributed by atoms with Crippen molar-refractivity contribution in [1.82, 2.24) is 4.72 Å². The lowest BCUT2D eigenvalue weighted by atomic mass is 9.96. The summed E-state index contributed by atoms with van der Waals surface area (Å²) in [5, 5.41) is 0. The summed E-state index contributed by atoms with van der Waals surface area (Å²) in [5.41, 5.74) is 0. The standard InChI is InChI=1S/C10H17BrF3NO2S/c11-8-4-1-2-5-9(8)15-18(16,17)7-3-6-10(12,13)14/h8-9,15H,1-7H2. The van der Waals surface area contributed by atoms with Gasteiger partial charge >= 0.3 is 6.18 Å². The van der Waals surface area contributed by atoms with Crippen molar-refractivity contribution in [3.8, 4) is 0 Å². The third-order valence-corrected chi connectivity index (χ3v) is 5.47. The summed E-state index contributed by atoms with van der Waals surface area (Å²) in [5.74, 6) is -0.470. The van der Waals surface area contributed by atoms with E-state index in [9.17, 15) is 21.6 Å². The van der Waals surface area contributed by atoms with Crippen molar-refractivity contribution in [3.63, 3.8) is 0 Å². The number of hydrogen-bond donors (Lipinski definition) is 1. The Kier molecular flexibility index (Phi) is 5.92. The summed E-state index contributed by atoms with van der Waals surface area (Å²) >= 11 is 3.40. The maximum Gasteiger partial charge on any atom is 0.389 e. The topological polar surface area (TPSA) is 46.2 Å². The van der Waals surface area contributed by atoms with E-state index >= 15 is 0 Å². The lowest BCUT2D eigenvalue weighted by Crippen LogP contribution is -2.43. The lowest BCUT2D eigenvalue weighted by Gasteiger charge is -2.27. The van der Waals surface area contributed by atoms with Crippen molar-refractivity contribution < 1.29 is 21.6 Å². The monoisotopic (exact) mass is 351 g/mol. The van der Waals surface area contributed by atoms with Crippen LogP contribution in [0, 0.1) is 0 Å². The van der Waals surface area contributed by atoms with Gasteiger partial charge in [-0.2, -0.15) is 13.2 Å². The minimum atomic E-state index is -4.29. The van der Waals surface area contributed by atoms with E-state index in [4.69, 9.17) is 0 Å². The number of halogens is 4. The van der Waals surface area contributed by atoms with Gasteiger partial charge in [0, 0.05) is 17.3 Å². The van der Waals surface area contributed by atoms with Crippen molar-refractivity contribution >= 4 is 26.0 Å². The van der Waals surface area contributed by atoms with Crippen LogP contribution in [0.1, 0.15) is 38.5 Å². The molecule has 0 aromatic carbocycles. The van der Waals surface area contributed by atoms with Crippen LogP contribution < -0.4 is 4.72 Å². The van der Waals surface area contributed by atoms with Crippen LogP contribution in [0.15, 0.2) is 0 Å². The molecule has 1 rings (SSSR count). The molecule has 0 spiro atoms. The highest BCUT2D eigenvalue weighted by molar-refractivity contribution is 9.09. The average molecular weight is 352 g/mol. The summed E-state index contributed by atoms with van der Waals surface area (Å²) in [6.45, 7) is 0. The first-order chi connectivity index (χ1) is 8.20. The third kappa shape index (κ3) is 6.38. The Balaban J connectivity index is 2.39. The molecule has 1 saturated carbocycles. The second-order valence-electron chi connectivity index (χ2n) is 4.56. The number of sulfonamides is 1. The molecular formula is C10H17BrF3NO2S. The molecule has 1 fully saturated rings. The Morgan fingerprint density at radius 1 is 1.22 bits per heavy atom. The van der Waals surface area contributed by atoms with Crippen LogP contribution in [0.5, 0.6) is 0 Å². The molecule has 0 aromatic heterocycles. The molecule has 0 amide bonds. The van der Waals surface area contributed by atoms with Gasteiger partial charge in [0.25, 0.3) is 0 Å². The first-order valence-electron chi connectivity index (χ1n) is 5.90. The van der Waals surface area contributed by atoms with Crippen molar-refractivity contribution in [2.75, 3.05) is 5.75 Å². The first kappa shape index (κ1) is 16.2. The zero-order valence-electron chi connectivity index (χ0n) is 9.84. The van der Waals surface area contributed by atoms with Gasteiger partial charge in [-0.15, -0.1) is 0 Å². The molecule has 2 atom stereocenters. The highest BCUT2D eigenvalue weighted by Crippen LogP contribution is 2.25. The average Bonchev–Trinajstić information content (AvgIpc) is 2.18. The summed E-state index contributed by atoms with van der Waals surface area (Å²) in [6.07, 6.45) is -2.14. The molecule has 0 radical (unpaired) electrons. The van der Waals surface area contributed by atoms with Gasteiger partial charge in [0.2, 0.25) is 10.0 Å². The van der Waals surface area contributed by atoms with Crippen LogP contribution in [0.3, 0.4) is 0 Å². The second kappa shape index (κ2) is 6.56. The van der Waals surface area contributed by atoms with Gasteiger partial charge in [-0.1, -0.05) is 28.8 Å². The Labute approximate surface area is 114 Å². The van der Waals surface area contributed by atoms with Crippen molar-refractivity contribution in [2.24, 2.45) is 0 Å². The van der Waals surface area contributed by atoms with E-state index in [-0.39, 0.29) is 10.9 Å². The van der Waals surface area contributed by atoms with Crippen LogP contribution >= 0.6 is 15.9 Å². The quantitative estimate of drug-likeness (QED) is 0.774. The van der Waals surface area contributed by atoms with Gasteiger partial charge in [-0.3, -0.25) is 0 Å². The molecule has 0 aromatic rings. The van der Waals surface area contributed by atoms with Gasteiger partial charge in [0.1, 0.15) is 0 Å². The normalized spacial score (nSPS) is 26.2. The van der Waals surface area contributed by atoms with Crippen molar-refractivity contribution in [2.45, 2.75) is 55.6 Å². The Morgan fingerprint density at radius 2 is 1.83 bits per heavy atom. The summed E-state index contributed by atoms with van der Waals surface area (Å²) in [7, 11) is -3.62. The molecule has 1 N–H and O–H groups in total. The number of nitrogens with one attached hydrogen (secondary N) is 1. The van der Waals surface area contributed by atoms with Crippen LogP contribution in [-0.4, -0.2) is 31.2 Å². The minimum absolute atomic E-state index is 0.0728. The van der Waals surface area contributed by atoms with Crippen LogP contribution in [0.25, 0.3) is 0 Å². The zero-order valence-corrected chi connectivity index (χ0v) is 12.2. The largest absolute Gasteiger partial charge is 0.389 e. The molecule has 0 heterocycles. The van der Waals surface area contributed by atoms with Crippen molar-refractivity contribution in [3.05, 3.63) is 0 Å². The summed E-state index contributed by atoms with van der Waals surface area (Å²) in [4.78, 5) is 0.0728. The van der Waals surface area contributed by atoms with Gasteiger partial charge in [-0.05, 0) is 19.3 Å². The van der Waals surface area contributed by atoms with Gasteiger partial charge < -0.3 is 0 Å². The molecular weight excluding hydrogens is 335 g/mol. The highest BCUT2D eigenvalue weighted by atomic mass is 79.9. The summed E-state index contributed by atoms with van der Waals surface area (Å²) < 4.78 is 61.5. The van der Waals surface area contributed by atoms with E-state index in [0.717, 1.165) is 25.7 Å². The van der Waals surface area contributed by atoms with Gasteiger partial charge in [-0.25, -0.2) is 13.1 Å². The molecule has 3 nitrogen and oxygen atoms in total. The molecule has 0 bridgehead atoms. The fraction of sp³-hybridized carbons (Fsp3) is 1.00. The molecule has 0 saturated heterocycles. The van der Waals surface area contributed by atoms with E-state index in [0.29, 0.717) is 0 Å². The highest BCUT2D eigenvalue weighted by Gasteiger charge is 2.29. The first-order valence-corrected chi connectivity index (χ1v) is 8.47. The van der Waals surface area contributed by atoms with Crippen LogP contribution in [-0.2, 0) is 10.0 Å². The number of rotatable bonds is 5. The fourth-order valence-electron chi connectivity index (χ4n) is 1.97.